The van der Waals surface area contributed by atoms with Crippen LogP contribution in [-0.2, 0) is 14.8 Å². The highest BCUT2D eigenvalue weighted by Crippen LogP contribution is 2.31. The molecule has 7 nitrogen and oxygen atoms in total. The molecule has 0 bridgehead atoms. The molecule has 1 atom stereocenters. The van der Waals surface area contributed by atoms with Crippen LogP contribution >= 0.6 is 11.6 Å². The third kappa shape index (κ3) is 5.70. The molecule has 0 saturated carbocycles. The van der Waals surface area contributed by atoms with Crippen molar-refractivity contribution in [2.75, 3.05) is 25.5 Å². The van der Waals surface area contributed by atoms with Crippen molar-refractivity contribution in [2.45, 2.75) is 43.6 Å². The van der Waals surface area contributed by atoms with Crippen LogP contribution in [0.4, 0.5) is 5.69 Å². The zero-order valence-corrected chi connectivity index (χ0v) is 19.2. The first-order valence-corrected chi connectivity index (χ1v) is 12.1. The number of benzene rings is 2. The van der Waals surface area contributed by atoms with Gasteiger partial charge in [-0.25, -0.2) is 8.42 Å². The monoisotopic (exact) mass is 466 g/mol. The number of hydrogen-bond acceptors (Lipinski definition) is 5. The number of anilines is 1. The lowest BCUT2D eigenvalue weighted by molar-refractivity contribution is -0.122. The second-order valence-electron chi connectivity index (χ2n) is 7.29. The molecule has 0 radical (unpaired) electrons. The molecule has 0 unspecified atom stereocenters. The van der Waals surface area contributed by atoms with Crippen molar-refractivity contribution in [3.63, 3.8) is 0 Å². The van der Waals surface area contributed by atoms with Crippen molar-refractivity contribution in [2.24, 2.45) is 0 Å². The molecule has 2 aromatic carbocycles. The van der Waals surface area contributed by atoms with Crippen LogP contribution in [0.1, 0.15) is 32.6 Å². The van der Waals surface area contributed by atoms with Crippen LogP contribution in [0.3, 0.4) is 0 Å². The van der Waals surface area contributed by atoms with Crippen molar-refractivity contribution in [3.8, 4) is 11.5 Å². The van der Waals surface area contributed by atoms with E-state index >= 15 is 0 Å². The smallest absolute Gasteiger partial charge is 0.265 e. The molecule has 0 spiro atoms. The van der Waals surface area contributed by atoms with Crippen molar-refractivity contribution in [1.82, 2.24) is 4.31 Å². The quantitative estimate of drug-likeness (QED) is 0.626. The molecule has 0 aliphatic carbocycles. The molecule has 31 heavy (non-hydrogen) atoms. The molecule has 9 heteroatoms. The van der Waals surface area contributed by atoms with E-state index in [9.17, 15) is 13.2 Å². The Morgan fingerprint density at radius 1 is 1.16 bits per heavy atom. The van der Waals surface area contributed by atoms with Gasteiger partial charge in [-0.3, -0.25) is 4.79 Å². The van der Waals surface area contributed by atoms with Crippen LogP contribution in [0.2, 0.25) is 5.02 Å². The van der Waals surface area contributed by atoms with Crippen molar-refractivity contribution in [3.05, 3.63) is 47.5 Å². The van der Waals surface area contributed by atoms with E-state index in [1.54, 1.807) is 36.4 Å². The van der Waals surface area contributed by atoms with E-state index < -0.39 is 16.1 Å². The third-order valence-corrected chi connectivity index (χ3v) is 7.26. The summed E-state index contributed by atoms with van der Waals surface area (Å²) in [6.07, 6.45) is 2.34. The van der Waals surface area contributed by atoms with Gasteiger partial charge in [0.05, 0.1) is 7.11 Å². The SMILES string of the molecule is CC[C@H](Oc1cccc(Cl)c1)C(=O)Nc1ccc(OC)c(S(=O)(=O)N2CCCCC2)c1. The summed E-state index contributed by atoms with van der Waals surface area (Å²) in [7, 11) is -2.31. The summed E-state index contributed by atoms with van der Waals surface area (Å²) < 4.78 is 38.9. The van der Waals surface area contributed by atoms with Crippen LogP contribution in [-0.4, -0.2) is 44.9 Å². The summed E-state index contributed by atoms with van der Waals surface area (Å²) >= 11 is 5.98. The van der Waals surface area contributed by atoms with Gasteiger partial charge in [0.15, 0.2) is 6.10 Å². The maximum absolute atomic E-state index is 13.2. The zero-order valence-electron chi connectivity index (χ0n) is 17.6. The number of nitrogens with one attached hydrogen (secondary N) is 1. The fourth-order valence-corrected chi connectivity index (χ4v) is 5.33. The largest absolute Gasteiger partial charge is 0.495 e. The van der Waals surface area contributed by atoms with E-state index in [-0.39, 0.29) is 16.6 Å². The van der Waals surface area contributed by atoms with Gasteiger partial charge in [-0.2, -0.15) is 4.31 Å². The van der Waals surface area contributed by atoms with E-state index in [0.29, 0.717) is 36.0 Å². The topological polar surface area (TPSA) is 84.9 Å². The summed E-state index contributed by atoms with van der Waals surface area (Å²) in [5.74, 6) is 0.345. The van der Waals surface area contributed by atoms with Gasteiger partial charge in [0.1, 0.15) is 16.4 Å². The molecule has 1 amide bonds. The highest BCUT2D eigenvalue weighted by atomic mass is 35.5. The van der Waals surface area contributed by atoms with Crippen LogP contribution in [0.25, 0.3) is 0 Å². The van der Waals surface area contributed by atoms with Gasteiger partial charge in [0.2, 0.25) is 10.0 Å². The second kappa shape index (κ2) is 10.3. The number of amides is 1. The minimum absolute atomic E-state index is 0.0403. The van der Waals surface area contributed by atoms with E-state index in [4.69, 9.17) is 21.1 Å². The molecule has 0 aromatic heterocycles. The Morgan fingerprint density at radius 3 is 2.55 bits per heavy atom. The number of rotatable bonds is 8. The fourth-order valence-electron chi connectivity index (χ4n) is 3.45. The number of nitrogens with zero attached hydrogens (tertiary/aromatic N) is 1. The summed E-state index contributed by atoms with van der Waals surface area (Å²) in [6.45, 7) is 2.79. The number of methoxy groups -OCH3 is 1. The van der Waals surface area contributed by atoms with Crippen molar-refractivity contribution in [1.29, 1.82) is 0 Å². The van der Waals surface area contributed by atoms with E-state index in [0.717, 1.165) is 19.3 Å². The number of carbonyl (C=O) groups excluding carboxylic acids is 1. The summed E-state index contributed by atoms with van der Waals surface area (Å²) in [5, 5.41) is 3.27. The summed E-state index contributed by atoms with van der Waals surface area (Å²) in [4.78, 5) is 12.8. The molecule has 2 aromatic rings. The molecule has 168 valence electrons. The second-order valence-corrected chi connectivity index (χ2v) is 9.63. The molecule has 1 aliphatic heterocycles. The number of halogens is 1. The van der Waals surface area contributed by atoms with Gasteiger partial charge in [-0.05, 0) is 55.7 Å². The van der Waals surface area contributed by atoms with Crippen molar-refractivity contribution >= 4 is 33.2 Å². The lowest BCUT2D eigenvalue weighted by atomic mass is 10.2. The minimum atomic E-state index is -3.73. The first kappa shape index (κ1) is 23.4. The van der Waals surface area contributed by atoms with Gasteiger partial charge in [0.25, 0.3) is 5.91 Å². The van der Waals surface area contributed by atoms with Gasteiger partial charge < -0.3 is 14.8 Å². The Hall–Kier alpha value is -2.29. The van der Waals surface area contributed by atoms with Gasteiger partial charge in [-0.15, -0.1) is 0 Å². The summed E-state index contributed by atoms with van der Waals surface area (Å²) in [6, 6.07) is 11.4. The Balaban J connectivity index is 1.80. The molecular formula is C22H27ClN2O5S. The van der Waals surface area contributed by atoms with Crippen LogP contribution in [0.15, 0.2) is 47.4 Å². The minimum Gasteiger partial charge on any atom is -0.495 e. The number of piperidine rings is 1. The van der Waals surface area contributed by atoms with E-state index in [2.05, 4.69) is 5.32 Å². The normalized spacial score (nSPS) is 15.8. The maximum atomic E-state index is 13.2. The number of ether oxygens (including phenoxy) is 2. The number of carbonyl (C=O) groups is 1. The van der Waals surface area contributed by atoms with Gasteiger partial charge >= 0.3 is 0 Å². The van der Waals surface area contributed by atoms with Crippen LogP contribution in [0.5, 0.6) is 11.5 Å². The first-order valence-electron chi connectivity index (χ1n) is 10.3. The predicted molar refractivity (Wildman–Crippen MR) is 120 cm³/mol. The molecule has 1 fully saturated rings. The first-order chi connectivity index (χ1) is 14.8. The molecular weight excluding hydrogens is 440 g/mol. The molecule has 1 heterocycles. The average molecular weight is 467 g/mol. The van der Waals surface area contributed by atoms with Crippen molar-refractivity contribution < 1.29 is 22.7 Å². The lowest BCUT2D eigenvalue weighted by Crippen LogP contribution is -2.36. The Bertz CT molecular complexity index is 1020. The molecule has 3 rings (SSSR count). The Morgan fingerprint density at radius 2 is 1.90 bits per heavy atom. The Kier molecular flexibility index (Phi) is 7.80. The van der Waals surface area contributed by atoms with Crippen LogP contribution in [0, 0.1) is 0 Å². The average Bonchev–Trinajstić information content (AvgIpc) is 2.78. The van der Waals surface area contributed by atoms with Crippen LogP contribution < -0.4 is 14.8 Å². The molecule has 1 aliphatic rings. The zero-order chi connectivity index (χ0) is 22.4. The molecule has 1 saturated heterocycles. The van der Waals surface area contributed by atoms with E-state index in [1.807, 2.05) is 6.92 Å². The number of hydrogen-bond donors (Lipinski definition) is 1. The lowest BCUT2D eigenvalue weighted by Gasteiger charge is -2.26. The van der Waals surface area contributed by atoms with Gasteiger partial charge in [-0.1, -0.05) is 31.0 Å². The Labute approximate surface area is 188 Å². The molecule has 1 N–H and O–H groups in total. The van der Waals surface area contributed by atoms with Gasteiger partial charge in [0, 0.05) is 23.8 Å². The highest BCUT2D eigenvalue weighted by molar-refractivity contribution is 7.89. The standard InChI is InChI=1S/C22H27ClN2O5S/c1-3-19(30-18-9-7-8-16(23)14-18)22(26)24-17-10-11-20(29-2)21(15-17)31(27,28)25-12-5-4-6-13-25/h7-11,14-15,19H,3-6,12-13H2,1-2H3,(H,24,26)/t19-/m0/s1. The fraction of sp³-hybridized carbons (Fsp3) is 0.409. The van der Waals surface area contributed by atoms with E-state index in [1.165, 1.54) is 17.5 Å². The number of sulfonamides is 1. The third-order valence-electron chi connectivity index (χ3n) is 5.10. The summed E-state index contributed by atoms with van der Waals surface area (Å²) in [5.41, 5.74) is 0.356. The maximum Gasteiger partial charge on any atom is 0.265 e. The predicted octanol–water partition coefficient (Wildman–Crippen LogP) is 4.32. The highest BCUT2D eigenvalue weighted by Gasteiger charge is 2.29.